The lowest BCUT2D eigenvalue weighted by molar-refractivity contribution is -0.135. The van der Waals surface area contributed by atoms with Gasteiger partial charge in [-0.3, -0.25) is 4.79 Å². The molecule has 1 amide bonds. The van der Waals surface area contributed by atoms with Crippen molar-refractivity contribution in [3.05, 3.63) is 29.8 Å². The number of benzene rings is 1. The third-order valence-corrected chi connectivity index (χ3v) is 4.06. The molecule has 4 nitrogen and oxygen atoms in total. The van der Waals surface area contributed by atoms with Crippen LogP contribution < -0.4 is 5.32 Å². The second-order valence-corrected chi connectivity index (χ2v) is 5.47. The van der Waals surface area contributed by atoms with E-state index < -0.39 is 0 Å². The fraction of sp³-hybridized carbons (Fsp3) is 0.533. The summed E-state index contributed by atoms with van der Waals surface area (Å²) < 4.78 is 0. The summed E-state index contributed by atoms with van der Waals surface area (Å²) in [5, 5.41) is 13.0. The zero-order valence-electron chi connectivity index (χ0n) is 11.0. The second kappa shape index (κ2) is 5.21. The molecule has 2 aliphatic rings. The number of fused-ring (bicyclic) bond motifs is 1. The number of likely N-dealkylation sites (tertiary alicyclic amines) is 1. The largest absolute Gasteiger partial charge is 0.391 e. The number of hydrogen-bond acceptors (Lipinski definition) is 3. The van der Waals surface area contributed by atoms with Gasteiger partial charge in [0.2, 0.25) is 5.91 Å². The highest BCUT2D eigenvalue weighted by Crippen LogP contribution is 2.25. The maximum atomic E-state index is 12.5. The normalized spacial score (nSPS) is 26.5. The third kappa shape index (κ3) is 2.59. The fourth-order valence-electron chi connectivity index (χ4n) is 3.00. The Labute approximate surface area is 113 Å². The number of aliphatic hydroxyl groups is 1. The summed E-state index contributed by atoms with van der Waals surface area (Å²) in [6, 6.07) is 8.01. The molecule has 2 atom stereocenters. The molecule has 2 unspecified atom stereocenters. The van der Waals surface area contributed by atoms with Crippen LogP contribution in [0.2, 0.25) is 0 Å². The molecule has 1 fully saturated rings. The molecule has 0 spiro atoms. The van der Waals surface area contributed by atoms with Gasteiger partial charge in [0.05, 0.1) is 6.10 Å². The number of hydrogen-bond donors (Lipinski definition) is 2. The zero-order valence-corrected chi connectivity index (χ0v) is 11.0. The summed E-state index contributed by atoms with van der Waals surface area (Å²) in [7, 11) is 0. The van der Waals surface area contributed by atoms with Crippen molar-refractivity contribution in [1.29, 1.82) is 0 Å². The van der Waals surface area contributed by atoms with E-state index in [1.807, 2.05) is 18.2 Å². The number of β-amino-alcohol motifs (C(OH)–C–C–N with tert-alkyl or cyclic N) is 1. The number of aliphatic hydroxyl groups excluding tert-OH is 1. The van der Waals surface area contributed by atoms with Gasteiger partial charge in [-0.25, -0.2) is 0 Å². The van der Waals surface area contributed by atoms with E-state index >= 15 is 0 Å². The molecule has 2 heterocycles. The van der Waals surface area contributed by atoms with Gasteiger partial charge in [0.25, 0.3) is 0 Å². The summed E-state index contributed by atoms with van der Waals surface area (Å²) in [6.45, 7) is 1.26. The lowest BCUT2D eigenvalue weighted by atomic mass is 9.96. The van der Waals surface area contributed by atoms with E-state index in [-0.39, 0.29) is 18.1 Å². The van der Waals surface area contributed by atoms with Gasteiger partial charge in [0, 0.05) is 18.8 Å². The van der Waals surface area contributed by atoms with Gasteiger partial charge >= 0.3 is 0 Å². The van der Waals surface area contributed by atoms with Crippen LogP contribution in [0.4, 0.5) is 5.69 Å². The highest BCUT2D eigenvalue weighted by Gasteiger charge is 2.30. The standard InChI is InChI=1S/C15H20N2O2/c18-12-5-3-9-17(10-12)15(19)14-8-7-11-4-1-2-6-13(11)16-14/h1-2,4,6,12,14,16,18H,3,5,7-10H2. The molecule has 4 heteroatoms. The van der Waals surface area contributed by atoms with E-state index in [2.05, 4.69) is 11.4 Å². The number of rotatable bonds is 1. The van der Waals surface area contributed by atoms with Crippen molar-refractivity contribution < 1.29 is 9.90 Å². The van der Waals surface area contributed by atoms with Crippen LogP contribution in [0.3, 0.4) is 0 Å². The van der Waals surface area contributed by atoms with Gasteiger partial charge in [-0.1, -0.05) is 18.2 Å². The molecule has 2 aliphatic heterocycles. The Hall–Kier alpha value is -1.55. The summed E-state index contributed by atoms with van der Waals surface area (Å²) in [4.78, 5) is 14.3. The minimum atomic E-state index is -0.353. The Morgan fingerprint density at radius 3 is 3.00 bits per heavy atom. The summed E-state index contributed by atoms with van der Waals surface area (Å²) in [6.07, 6.45) is 3.13. The van der Waals surface area contributed by atoms with Crippen LogP contribution in [-0.4, -0.2) is 41.1 Å². The molecule has 1 aromatic carbocycles. The van der Waals surface area contributed by atoms with Crippen molar-refractivity contribution >= 4 is 11.6 Å². The maximum Gasteiger partial charge on any atom is 0.245 e. The number of amides is 1. The van der Waals surface area contributed by atoms with Gasteiger partial charge in [-0.05, 0) is 37.3 Å². The van der Waals surface area contributed by atoms with E-state index in [4.69, 9.17) is 0 Å². The summed E-state index contributed by atoms with van der Waals surface area (Å²) >= 11 is 0. The molecule has 1 saturated heterocycles. The Morgan fingerprint density at radius 2 is 2.16 bits per heavy atom. The van der Waals surface area contributed by atoms with Crippen LogP contribution in [-0.2, 0) is 11.2 Å². The van der Waals surface area contributed by atoms with E-state index in [1.165, 1.54) is 5.56 Å². The second-order valence-electron chi connectivity index (χ2n) is 5.47. The Kier molecular flexibility index (Phi) is 3.42. The SMILES string of the molecule is O=C(C1CCc2ccccc2N1)N1CCCC(O)C1. The number of anilines is 1. The first-order chi connectivity index (χ1) is 9.24. The Morgan fingerprint density at radius 1 is 1.32 bits per heavy atom. The predicted octanol–water partition coefficient (Wildman–Crippen LogP) is 1.40. The number of nitrogens with one attached hydrogen (secondary N) is 1. The van der Waals surface area contributed by atoms with E-state index in [0.29, 0.717) is 6.54 Å². The molecular weight excluding hydrogens is 240 g/mol. The fourth-order valence-corrected chi connectivity index (χ4v) is 3.00. The first-order valence-electron chi connectivity index (χ1n) is 7.05. The van der Waals surface area contributed by atoms with Crippen LogP contribution in [0.1, 0.15) is 24.8 Å². The number of nitrogens with zero attached hydrogens (tertiary/aromatic N) is 1. The Bertz CT molecular complexity index is 475. The van der Waals surface area contributed by atoms with Gasteiger partial charge in [0.15, 0.2) is 0 Å². The molecule has 19 heavy (non-hydrogen) atoms. The molecule has 0 aliphatic carbocycles. The zero-order chi connectivity index (χ0) is 13.2. The summed E-state index contributed by atoms with van der Waals surface area (Å²) in [5.41, 5.74) is 2.36. The van der Waals surface area contributed by atoms with Gasteiger partial charge in [0.1, 0.15) is 6.04 Å². The topological polar surface area (TPSA) is 52.6 Å². The maximum absolute atomic E-state index is 12.5. The average Bonchev–Trinajstić information content (AvgIpc) is 2.46. The molecule has 102 valence electrons. The van der Waals surface area contributed by atoms with Crippen LogP contribution in [0.15, 0.2) is 24.3 Å². The van der Waals surface area contributed by atoms with Crippen molar-refractivity contribution in [2.24, 2.45) is 0 Å². The predicted molar refractivity (Wildman–Crippen MR) is 74.0 cm³/mol. The molecule has 0 aromatic heterocycles. The van der Waals surface area contributed by atoms with E-state index in [0.717, 1.165) is 37.9 Å². The molecule has 1 aromatic rings. The van der Waals surface area contributed by atoms with Gasteiger partial charge in [-0.2, -0.15) is 0 Å². The average molecular weight is 260 g/mol. The first kappa shape index (κ1) is 12.5. The lowest BCUT2D eigenvalue weighted by Gasteiger charge is -2.35. The molecule has 2 N–H and O–H groups in total. The van der Waals surface area contributed by atoms with Crippen molar-refractivity contribution in [2.45, 2.75) is 37.8 Å². The van der Waals surface area contributed by atoms with Crippen molar-refractivity contribution in [3.8, 4) is 0 Å². The van der Waals surface area contributed by atoms with Crippen LogP contribution in [0.5, 0.6) is 0 Å². The van der Waals surface area contributed by atoms with E-state index in [1.54, 1.807) is 4.90 Å². The van der Waals surface area contributed by atoms with Crippen LogP contribution >= 0.6 is 0 Å². The van der Waals surface area contributed by atoms with Crippen LogP contribution in [0.25, 0.3) is 0 Å². The molecule has 0 radical (unpaired) electrons. The summed E-state index contributed by atoms with van der Waals surface area (Å²) in [5.74, 6) is 0.133. The smallest absolute Gasteiger partial charge is 0.245 e. The molecule has 3 rings (SSSR count). The van der Waals surface area contributed by atoms with Gasteiger partial charge < -0.3 is 15.3 Å². The van der Waals surface area contributed by atoms with Crippen molar-refractivity contribution in [2.75, 3.05) is 18.4 Å². The molecule has 0 saturated carbocycles. The monoisotopic (exact) mass is 260 g/mol. The van der Waals surface area contributed by atoms with Crippen molar-refractivity contribution in [3.63, 3.8) is 0 Å². The number of carbonyl (C=O) groups is 1. The minimum absolute atomic E-state index is 0.133. The van der Waals surface area contributed by atoms with Crippen LogP contribution in [0, 0.1) is 0 Å². The number of para-hydroxylation sites is 1. The number of piperidine rings is 1. The number of aryl methyl sites for hydroxylation is 1. The number of carbonyl (C=O) groups excluding carboxylic acids is 1. The third-order valence-electron chi connectivity index (χ3n) is 4.06. The molecule has 0 bridgehead atoms. The highest BCUT2D eigenvalue weighted by molar-refractivity contribution is 5.85. The minimum Gasteiger partial charge on any atom is -0.391 e. The molecular formula is C15H20N2O2. The lowest BCUT2D eigenvalue weighted by Crippen LogP contribution is -2.49. The quantitative estimate of drug-likeness (QED) is 0.802. The van der Waals surface area contributed by atoms with Crippen molar-refractivity contribution in [1.82, 2.24) is 4.90 Å². The van der Waals surface area contributed by atoms with E-state index in [9.17, 15) is 9.90 Å². The Balaban J connectivity index is 1.69. The first-order valence-corrected chi connectivity index (χ1v) is 7.05. The highest BCUT2D eigenvalue weighted by atomic mass is 16.3. The van der Waals surface area contributed by atoms with Gasteiger partial charge in [-0.15, -0.1) is 0 Å².